The van der Waals surface area contributed by atoms with E-state index in [1.165, 1.54) is 12.3 Å². The summed E-state index contributed by atoms with van der Waals surface area (Å²) >= 11 is 5.87. The normalized spacial score (nSPS) is 11.5. The van der Waals surface area contributed by atoms with Crippen LogP contribution in [0, 0.1) is 0 Å². The molecule has 0 amide bonds. The van der Waals surface area contributed by atoms with E-state index in [4.69, 9.17) is 22.1 Å². The Labute approximate surface area is 132 Å². The number of hydrogen-bond acceptors (Lipinski definition) is 6. The maximum absolute atomic E-state index is 11.9. The smallest absolute Gasteiger partial charge is 0.352 e. The number of carbonyl (C=O) groups excluding carboxylic acids is 2. The van der Waals surface area contributed by atoms with Crippen LogP contribution in [0.25, 0.3) is 0 Å². The Morgan fingerprint density at radius 3 is 2.82 bits per heavy atom. The summed E-state index contributed by atoms with van der Waals surface area (Å²) in [5.74, 6) is -1.67. The Kier molecular flexibility index (Phi) is 5.46. The number of pyridine rings is 1. The Balaban J connectivity index is 1.97. The summed E-state index contributed by atoms with van der Waals surface area (Å²) < 4.78 is 4.74. The van der Waals surface area contributed by atoms with Crippen molar-refractivity contribution in [3.05, 3.63) is 59.9 Å². The van der Waals surface area contributed by atoms with Crippen molar-refractivity contribution in [2.75, 3.05) is 5.32 Å². The molecule has 1 aromatic carbocycles. The molecule has 1 atom stereocenters. The second-order valence-corrected chi connectivity index (χ2v) is 4.80. The average Bonchev–Trinajstić information content (AvgIpc) is 2.55. The molecule has 0 saturated heterocycles. The number of hydrogen-bond donors (Lipinski definition) is 2. The van der Waals surface area contributed by atoms with E-state index in [0.717, 1.165) is 5.56 Å². The number of aromatic nitrogens is 1. The maximum atomic E-state index is 11.9. The minimum atomic E-state index is -1.20. The summed E-state index contributed by atoms with van der Waals surface area (Å²) in [6, 6.07) is 9.89. The fourth-order valence-electron chi connectivity index (χ4n) is 1.68. The number of benzene rings is 1. The molecule has 7 heteroatoms. The average molecular weight is 320 g/mol. The molecular weight excluding hydrogens is 306 g/mol. The summed E-state index contributed by atoms with van der Waals surface area (Å²) in [5, 5.41) is 2.68. The van der Waals surface area contributed by atoms with Gasteiger partial charge >= 0.3 is 11.9 Å². The van der Waals surface area contributed by atoms with E-state index in [2.05, 4.69) is 10.3 Å². The molecule has 0 unspecified atom stereocenters. The van der Waals surface area contributed by atoms with E-state index in [1.54, 1.807) is 36.5 Å². The number of nitrogens with zero attached hydrogens (tertiary/aromatic N) is 1. The van der Waals surface area contributed by atoms with Crippen molar-refractivity contribution in [3.63, 3.8) is 0 Å². The van der Waals surface area contributed by atoms with Gasteiger partial charge < -0.3 is 15.8 Å². The number of rotatable bonds is 5. The fraction of sp³-hybridized carbons (Fsp3) is 0.133. The van der Waals surface area contributed by atoms with Gasteiger partial charge in [-0.25, -0.2) is 9.59 Å². The number of halogens is 1. The van der Waals surface area contributed by atoms with Gasteiger partial charge in [0.15, 0.2) is 0 Å². The van der Waals surface area contributed by atoms with Gasteiger partial charge in [-0.15, -0.1) is 0 Å². The lowest BCUT2D eigenvalue weighted by atomic mass is 10.1. The number of ether oxygens (including phenoxy) is 1. The van der Waals surface area contributed by atoms with Crippen LogP contribution in [0.5, 0.6) is 0 Å². The van der Waals surface area contributed by atoms with Crippen LogP contribution in [-0.4, -0.2) is 22.4 Å². The lowest BCUT2D eigenvalue weighted by molar-refractivity contribution is -0.137. The summed E-state index contributed by atoms with van der Waals surface area (Å²) in [7, 11) is 0. The number of nitrogens with two attached hydrogens (primary N) is 1. The van der Waals surface area contributed by atoms with Crippen molar-refractivity contribution in [2.24, 2.45) is 5.73 Å². The van der Waals surface area contributed by atoms with E-state index in [9.17, 15) is 9.59 Å². The Morgan fingerprint density at radius 2 is 2.14 bits per heavy atom. The molecule has 0 spiro atoms. The molecule has 2 rings (SSSR count). The van der Waals surface area contributed by atoms with Gasteiger partial charge in [0.2, 0.25) is 5.50 Å². The monoisotopic (exact) mass is 319 g/mol. The predicted octanol–water partition coefficient (Wildman–Crippen LogP) is 1.90. The van der Waals surface area contributed by atoms with Crippen molar-refractivity contribution in [3.8, 4) is 0 Å². The van der Waals surface area contributed by atoms with Crippen molar-refractivity contribution < 1.29 is 14.3 Å². The highest BCUT2D eigenvalue weighted by atomic mass is 35.5. The fourth-order valence-corrected chi connectivity index (χ4v) is 1.85. The van der Waals surface area contributed by atoms with Crippen molar-refractivity contribution in [2.45, 2.75) is 12.0 Å². The lowest BCUT2D eigenvalue weighted by Gasteiger charge is -2.11. The predicted molar refractivity (Wildman–Crippen MR) is 82.3 cm³/mol. The molecule has 0 bridgehead atoms. The number of esters is 2. The lowest BCUT2D eigenvalue weighted by Crippen LogP contribution is -2.28. The first-order valence-corrected chi connectivity index (χ1v) is 6.89. The molecule has 1 heterocycles. The van der Waals surface area contributed by atoms with Gasteiger partial charge in [-0.3, -0.25) is 4.98 Å². The number of alkyl halides is 1. The van der Waals surface area contributed by atoms with Gasteiger partial charge in [0.1, 0.15) is 0 Å². The van der Waals surface area contributed by atoms with Crippen LogP contribution < -0.4 is 11.1 Å². The number of carbonyl (C=O) groups is 2. The highest BCUT2D eigenvalue weighted by Gasteiger charge is 2.21. The van der Waals surface area contributed by atoms with Crippen molar-refractivity contribution in [1.82, 2.24) is 4.98 Å². The van der Waals surface area contributed by atoms with E-state index >= 15 is 0 Å². The van der Waals surface area contributed by atoms with E-state index < -0.39 is 17.4 Å². The summed E-state index contributed by atoms with van der Waals surface area (Å²) in [6.07, 6.45) is 3.08. The quantitative estimate of drug-likeness (QED) is 0.378. The molecule has 0 fully saturated rings. The van der Waals surface area contributed by atoms with Crippen LogP contribution in [0.4, 0.5) is 5.69 Å². The van der Waals surface area contributed by atoms with E-state index in [1.807, 2.05) is 0 Å². The van der Waals surface area contributed by atoms with Gasteiger partial charge in [-0.1, -0.05) is 23.7 Å². The second kappa shape index (κ2) is 7.53. The van der Waals surface area contributed by atoms with Gasteiger partial charge in [-0.2, -0.15) is 0 Å². The molecule has 0 aliphatic carbocycles. The third kappa shape index (κ3) is 4.28. The molecule has 0 aliphatic rings. The summed E-state index contributed by atoms with van der Waals surface area (Å²) in [6.45, 7) is 0.287. The van der Waals surface area contributed by atoms with E-state index in [0.29, 0.717) is 5.69 Å². The van der Waals surface area contributed by atoms with Crippen molar-refractivity contribution in [1.29, 1.82) is 0 Å². The molecule has 22 heavy (non-hydrogen) atoms. The van der Waals surface area contributed by atoms with Crippen LogP contribution in [0.3, 0.4) is 0 Å². The topological polar surface area (TPSA) is 94.3 Å². The zero-order valence-electron chi connectivity index (χ0n) is 11.5. The summed E-state index contributed by atoms with van der Waals surface area (Å²) in [4.78, 5) is 27.6. The molecule has 0 radical (unpaired) electrons. The largest absolute Gasteiger partial charge is 0.387 e. The standard InChI is InChI=1S/C15H14ClN3O3/c16-13(19-12-5-2-6-18-9-12)15(21)22-14(20)11-4-1-3-10(7-11)8-17/h1-7,9,13,19H,8,17H2/t13-/m1/s1. The summed E-state index contributed by atoms with van der Waals surface area (Å²) in [5.41, 5.74) is 5.83. The number of anilines is 1. The molecule has 0 aliphatic heterocycles. The highest BCUT2D eigenvalue weighted by Crippen LogP contribution is 2.11. The third-order valence-electron chi connectivity index (χ3n) is 2.75. The zero-order valence-corrected chi connectivity index (χ0v) is 12.3. The van der Waals surface area contributed by atoms with Crippen LogP contribution in [0.2, 0.25) is 0 Å². The highest BCUT2D eigenvalue weighted by molar-refractivity contribution is 6.31. The number of nitrogens with one attached hydrogen (secondary N) is 1. The Hall–Kier alpha value is -2.44. The second-order valence-electron chi connectivity index (χ2n) is 4.36. The van der Waals surface area contributed by atoms with Crippen LogP contribution >= 0.6 is 11.6 Å². The molecular formula is C15H14ClN3O3. The minimum Gasteiger partial charge on any atom is -0.387 e. The maximum Gasteiger partial charge on any atom is 0.352 e. The van der Waals surface area contributed by atoms with Gasteiger partial charge in [0.05, 0.1) is 11.3 Å². The van der Waals surface area contributed by atoms with Crippen molar-refractivity contribution >= 4 is 29.2 Å². The third-order valence-corrected chi connectivity index (χ3v) is 3.04. The molecule has 0 saturated carbocycles. The van der Waals surface area contributed by atoms with E-state index in [-0.39, 0.29) is 12.1 Å². The van der Waals surface area contributed by atoms with Gasteiger partial charge in [-0.05, 0) is 29.8 Å². The molecule has 3 N–H and O–H groups in total. The molecule has 6 nitrogen and oxygen atoms in total. The zero-order chi connectivity index (χ0) is 15.9. The Bertz CT molecular complexity index is 664. The SMILES string of the molecule is NCc1cccc(C(=O)OC(=O)[C@H](Cl)Nc2cccnc2)c1. The first-order chi connectivity index (χ1) is 10.6. The first-order valence-electron chi connectivity index (χ1n) is 6.46. The van der Waals surface area contributed by atoms with Gasteiger partial charge in [0, 0.05) is 18.9 Å². The minimum absolute atomic E-state index is 0.238. The first kappa shape index (κ1) is 15.9. The molecule has 1 aromatic heterocycles. The van der Waals surface area contributed by atoms with Crippen LogP contribution in [0.15, 0.2) is 48.8 Å². The molecule has 114 valence electrons. The molecule has 2 aromatic rings. The van der Waals surface area contributed by atoms with Gasteiger partial charge in [0.25, 0.3) is 0 Å². The van der Waals surface area contributed by atoms with Crippen LogP contribution in [0.1, 0.15) is 15.9 Å². The van der Waals surface area contributed by atoms with Crippen LogP contribution in [-0.2, 0) is 16.1 Å². The Morgan fingerprint density at radius 1 is 1.32 bits per heavy atom.